The fourth-order valence-electron chi connectivity index (χ4n) is 3.71. The Morgan fingerprint density at radius 2 is 2.04 bits per heavy atom. The Kier molecular flexibility index (Phi) is 4.49. The quantitative estimate of drug-likeness (QED) is 0.767. The summed E-state index contributed by atoms with van der Waals surface area (Å²) in [5, 5.41) is 9.93. The van der Waals surface area contributed by atoms with Crippen LogP contribution in [-0.4, -0.2) is 32.6 Å². The van der Waals surface area contributed by atoms with Crippen molar-refractivity contribution in [3.05, 3.63) is 22.2 Å². The predicted molar refractivity (Wildman–Crippen MR) is 88.6 cm³/mol. The van der Waals surface area contributed by atoms with E-state index >= 15 is 0 Å². The number of methoxy groups -OCH3 is 1. The number of carbonyl (C=O) groups excluding carboxylic acids is 1. The zero-order chi connectivity index (χ0) is 17.7. The minimum absolute atomic E-state index is 0.109. The number of ether oxygens (including phenoxy) is 1. The minimum Gasteiger partial charge on any atom is -0.505 e. The maximum absolute atomic E-state index is 12.6. The number of esters is 1. The molecule has 2 aliphatic rings. The van der Waals surface area contributed by atoms with Gasteiger partial charge in [0.1, 0.15) is 4.90 Å². The molecule has 2 aliphatic carbocycles. The SMILES string of the molecule is COC(=O)C1CC(NS(=O)(=O)c2cc(Cl)cc(Cl)c2O)C12CCC2. The summed E-state index contributed by atoms with van der Waals surface area (Å²) in [5.74, 6) is -1.14. The number of rotatable bonds is 4. The van der Waals surface area contributed by atoms with Gasteiger partial charge in [0.05, 0.1) is 18.1 Å². The number of phenolic OH excluding ortho intramolecular Hbond substituents is 1. The standard InChI is InChI=1S/C15H17Cl2NO5S/c1-23-14(20)9-7-12(15(9)3-2-4-15)18-24(21,22)11-6-8(16)5-10(17)13(11)19/h5-6,9,12,18-19H,2-4,7H2,1H3. The summed E-state index contributed by atoms with van der Waals surface area (Å²) in [7, 11) is -2.69. The van der Waals surface area contributed by atoms with Crippen molar-refractivity contribution in [1.82, 2.24) is 4.72 Å². The van der Waals surface area contributed by atoms with Crippen molar-refractivity contribution in [2.45, 2.75) is 36.6 Å². The molecule has 0 heterocycles. The second-order valence-electron chi connectivity index (χ2n) is 6.31. The highest BCUT2D eigenvalue weighted by molar-refractivity contribution is 7.89. The Bertz CT molecular complexity index is 791. The summed E-state index contributed by atoms with van der Waals surface area (Å²) in [6.45, 7) is 0. The number of hydrogen-bond donors (Lipinski definition) is 2. The van der Waals surface area contributed by atoms with Crippen LogP contribution < -0.4 is 4.72 Å². The Labute approximate surface area is 150 Å². The lowest BCUT2D eigenvalue weighted by Crippen LogP contribution is -2.66. The first kappa shape index (κ1) is 17.8. The second kappa shape index (κ2) is 6.05. The molecule has 0 bridgehead atoms. The summed E-state index contributed by atoms with van der Waals surface area (Å²) in [4.78, 5) is 11.5. The molecular formula is C15H17Cl2NO5S. The molecule has 1 aromatic rings. The largest absolute Gasteiger partial charge is 0.505 e. The smallest absolute Gasteiger partial charge is 0.309 e. The number of aromatic hydroxyl groups is 1. The highest BCUT2D eigenvalue weighted by Crippen LogP contribution is 2.60. The molecule has 132 valence electrons. The van der Waals surface area contributed by atoms with Gasteiger partial charge in [-0.05, 0) is 31.4 Å². The van der Waals surface area contributed by atoms with E-state index in [2.05, 4.69) is 4.72 Å². The van der Waals surface area contributed by atoms with E-state index in [-0.39, 0.29) is 32.9 Å². The van der Waals surface area contributed by atoms with Crippen LogP contribution in [0.3, 0.4) is 0 Å². The van der Waals surface area contributed by atoms with E-state index in [0.29, 0.717) is 6.42 Å². The molecule has 0 aromatic heterocycles. The molecule has 3 rings (SSSR count). The van der Waals surface area contributed by atoms with Gasteiger partial charge >= 0.3 is 5.97 Å². The number of nitrogens with one attached hydrogen (secondary N) is 1. The lowest BCUT2D eigenvalue weighted by molar-refractivity contribution is -0.170. The van der Waals surface area contributed by atoms with Gasteiger partial charge in [0.2, 0.25) is 10.0 Å². The van der Waals surface area contributed by atoms with E-state index in [0.717, 1.165) is 25.3 Å². The molecule has 1 spiro atoms. The van der Waals surface area contributed by atoms with Crippen LogP contribution in [0.2, 0.25) is 10.0 Å². The lowest BCUT2D eigenvalue weighted by atomic mass is 9.47. The zero-order valence-electron chi connectivity index (χ0n) is 12.9. The van der Waals surface area contributed by atoms with Crippen molar-refractivity contribution in [3.8, 4) is 5.75 Å². The number of carbonyl (C=O) groups is 1. The monoisotopic (exact) mass is 393 g/mol. The number of phenols is 1. The molecule has 0 saturated heterocycles. The van der Waals surface area contributed by atoms with Crippen molar-refractivity contribution < 1.29 is 23.1 Å². The maximum Gasteiger partial charge on any atom is 0.309 e. The summed E-state index contributed by atoms with van der Waals surface area (Å²) in [6.07, 6.45) is 2.85. The molecular weight excluding hydrogens is 377 g/mol. The summed E-state index contributed by atoms with van der Waals surface area (Å²) < 4.78 is 32.7. The first-order chi connectivity index (χ1) is 11.2. The summed E-state index contributed by atoms with van der Waals surface area (Å²) in [6, 6.07) is 2.04. The van der Waals surface area contributed by atoms with E-state index in [1.165, 1.54) is 13.2 Å². The lowest BCUT2D eigenvalue weighted by Gasteiger charge is -2.60. The fraction of sp³-hybridized carbons (Fsp3) is 0.533. The minimum atomic E-state index is -4.02. The third kappa shape index (κ3) is 2.67. The van der Waals surface area contributed by atoms with Crippen LogP contribution in [-0.2, 0) is 19.6 Å². The van der Waals surface area contributed by atoms with Crippen molar-refractivity contribution in [3.63, 3.8) is 0 Å². The molecule has 2 N–H and O–H groups in total. The first-order valence-corrected chi connectivity index (χ1v) is 9.73. The van der Waals surface area contributed by atoms with Gasteiger partial charge in [-0.2, -0.15) is 0 Å². The average Bonchev–Trinajstić information content (AvgIpc) is 2.44. The average molecular weight is 394 g/mol. The zero-order valence-corrected chi connectivity index (χ0v) is 15.2. The normalized spacial score (nSPS) is 25.0. The van der Waals surface area contributed by atoms with E-state index in [9.17, 15) is 18.3 Å². The molecule has 6 nitrogen and oxygen atoms in total. The van der Waals surface area contributed by atoms with Crippen LogP contribution in [0.1, 0.15) is 25.7 Å². The number of hydrogen-bond acceptors (Lipinski definition) is 5. The Hall–Kier alpha value is -1.02. The van der Waals surface area contributed by atoms with E-state index in [1.807, 2.05) is 0 Å². The Morgan fingerprint density at radius 3 is 2.58 bits per heavy atom. The molecule has 2 saturated carbocycles. The molecule has 0 amide bonds. The van der Waals surface area contributed by atoms with Crippen LogP contribution in [0.15, 0.2) is 17.0 Å². The van der Waals surface area contributed by atoms with Gasteiger partial charge in [0.15, 0.2) is 5.75 Å². The van der Waals surface area contributed by atoms with Crippen LogP contribution in [0.5, 0.6) is 5.75 Å². The molecule has 0 aliphatic heterocycles. The molecule has 1 aromatic carbocycles. The number of sulfonamides is 1. The molecule has 9 heteroatoms. The summed E-state index contributed by atoms with van der Waals surface area (Å²) in [5.41, 5.74) is -0.391. The van der Waals surface area contributed by atoms with Gasteiger partial charge in [-0.1, -0.05) is 29.6 Å². The third-order valence-electron chi connectivity index (χ3n) is 5.21. The second-order valence-corrected chi connectivity index (χ2v) is 8.83. The Balaban J connectivity index is 1.85. The highest BCUT2D eigenvalue weighted by atomic mass is 35.5. The predicted octanol–water partition coefficient (Wildman–Crippen LogP) is 2.71. The van der Waals surface area contributed by atoms with Gasteiger partial charge < -0.3 is 9.84 Å². The Morgan fingerprint density at radius 1 is 1.38 bits per heavy atom. The first-order valence-electron chi connectivity index (χ1n) is 7.49. The van der Waals surface area contributed by atoms with Gasteiger partial charge in [-0.3, -0.25) is 4.79 Å². The van der Waals surface area contributed by atoms with E-state index in [4.69, 9.17) is 27.9 Å². The van der Waals surface area contributed by atoms with Crippen molar-refractivity contribution >= 4 is 39.2 Å². The van der Waals surface area contributed by atoms with Crippen LogP contribution in [0.4, 0.5) is 0 Å². The molecule has 2 atom stereocenters. The molecule has 2 fully saturated rings. The van der Waals surface area contributed by atoms with Gasteiger partial charge in [0, 0.05) is 16.5 Å². The van der Waals surface area contributed by atoms with Crippen molar-refractivity contribution in [2.75, 3.05) is 7.11 Å². The van der Waals surface area contributed by atoms with Crippen LogP contribution in [0, 0.1) is 11.3 Å². The van der Waals surface area contributed by atoms with Crippen LogP contribution in [0.25, 0.3) is 0 Å². The van der Waals surface area contributed by atoms with E-state index in [1.54, 1.807) is 0 Å². The van der Waals surface area contributed by atoms with Gasteiger partial charge in [0.25, 0.3) is 0 Å². The highest BCUT2D eigenvalue weighted by Gasteiger charge is 2.62. The van der Waals surface area contributed by atoms with Crippen LogP contribution >= 0.6 is 23.2 Å². The molecule has 2 unspecified atom stereocenters. The topological polar surface area (TPSA) is 92.7 Å². The van der Waals surface area contributed by atoms with E-state index < -0.39 is 21.2 Å². The van der Waals surface area contributed by atoms with Gasteiger partial charge in [-0.25, -0.2) is 13.1 Å². The van der Waals surface area contributed by atoms with Crippen molar-refractivity contribution in [1.29, 1.82) is 0 Å². The fourth-order valence-corrected chi connectivity index (χ4v) is 5.80. The molecule has 0 radical (unpaired) electrons. The number of benzene rings is 1. The maximum atomic E-state index is 12.6. The summed E-state index contributed by atoms with van der Waals surface area (Å²) >= 11 is 11.6. The third-order valence-corrected chi connectivity index (χ3v) is 7.20. The molecule has 24 heavy (non-hydrogen) atoms. The number of halogens is 2. The van der Waals surface area contributed by atoms with Gasteiger partial charge in [-0.15, -0.1) is 0 Å². The van der Waals surface area contributed by atoms with Crippen molar-refractivity contribution in [2.24, 2.45) is 11.3 Å².